The van der Waals surface area contributed by atoms with Crippen LogP contribution in [0.25, 0.3) is 0 Å². The fourth-order valence-electron chi connectivity index (χ4n) is 6.67. The molecule has 19 heteroatoms. The number of hydrazone groups is 1. The molecule has 0 saturated carbocycles. The molecular formula is C32H35ClFN10O5S2+. The first-order valence-corrected chi connectivity index (χ1v) is 18.5. The molecule has 3 aromatic rings. The lowest BCUT2D eigenvalue weighted by atomic mass is 10.0. The van der Waals surface area contributed by atoms with Crippen molar-refractivity contribution in [1.29, 1.82) is 0 Å². The van der Waals surface area contributed by atoms with E-state index >= 15 is 4.39 Å². The molecule has 2 atom stereocenters. The van der Waals surface area contributed by atoms with Gasteiger partial charge < -0.3 is 25.9 Å². The van der Waals surface area contributed by atoms with Gasteiger partial charge in [0.15, 0.2) is 29.4 Å². The number of β-lactam (4-membered cyclic amide) rings is 1. The molecule has 51 heavy (non-hydrogen) atoms. The lowest BCUT2D eigenvalue weighted by Gasteiger charge is -2.49. The van der Waals surface area contributed by atoms with Crippen LogP contribution in [0.4, 0.5) is 15.3 Å². The number of fused-ring (bicyclic) bond motifs is 2. The van der Waals surface area contributed by atoms with Crippen LogP contribution in [0, 0.1) is 5.82 Å². The number of nitrogens with zero attached hydrogens (tertiary/aromatic N) is 8. The van der Waals surface area contributed by atoms with Crippen molar-refractivity contribution >= 4 is 75.4 Å². The monoisotopic (exact) mass is 757 g/mol. The number of aliphatic carboxylic acids is 1. The standard InChI is InChI=1S/C32H34ClFN10O5S2/c1-49-39-24(23-27(33)51-32(35)38-23)28(45)37-25-29(46)44-26(31(47)48)20(17-50-30(25)44)16-42-10-7-22-40(11-12-43(22)42)15-19-6-5-18(13-21(19)34)14-36-41-8-3-2-4-9-41/h5-7,10,13-14,25,30H,2-4,8-9,11-12,15-17H2,1H3,(H3-,35,37,38,45,47,48)/p+1/b36-14?,39-24-/t25-,30-/m1/s1. The van der Waals surface area contributed by atoms with Crippen molar-refractivity contribution in [2.45, 2.75) is 50.3 Å². The molecule has 2 saturated heterocycles. The number of rotatable bonds is 11. The van der Waals surface area contributed by atoms with E-state index in [1.807, 2.05) is 32.7 Å². The highest BCUT2D eigenvalue weighted by atomic mass is 35.5. The lowest BCUT2D eigenvalue weighted by molar-refractivity contribution is -0.766. The topological polar surface area (TPSA) is 175 Å². The Morgan fingerprint density at radius 3 is 2.75 bits per heavy atom. The smallest absolute Gasteiger partial charge is 0.352 e. The zero-order valence-corrected chi connectivity index (χ0v) is 29.9. The molecule has 4 aliphatic heterocycles. The van der Waals surface area contributed by atoms with Crippen LogP contribution >= 0.6 is 34.7 Å². The van der Waals surface area contributed by atoms with Gasteiger partial charge in [-0.2, -0.15) is 5.10 Å². The molecule has 0 aliphatic carbocycles. The van der Waals surface area contributed by atoms with Gasteiger partial charge in [-0.25, -0.2) is 14.2 Å². The Balaban J connectivity index is 1.02. The summed E-state index contributed by atoms with van der Waals surface area (Å²) in [6.45, 7) is 3.70. The Labute approximate surface area is 305 Å². The van der Waals surface area contributed by atoms with Crippen LogP contribution in [0.2, 0.25) is 4.34 Å². The molecule has 4 N–H and O–H groups in total. The Morgan fingerprint density at radius 2 is 2.04 bits per heavy atom. The predicted molar refractivity (Wildman–Crippen MR) is 190 cm³/mol. The van der Waals surface area contributed by atoms with E-state index in [0.29, 0.717) is 42.1 Å². The van der Waals surface area contributed by atoms with Crippen molar-refractivity contribution in [2.24, 2.45) is 10.3 Å². The van der Waals surface area contributed by atoms with E-state index in [4.69, 9.17) is 22.2 Å². The highest BCUT2D eigenvalue weighted by Crippen LogP contribution is 2.40. The van der Waals surface area contributed by atoms with E-state index in [0.717, 1.165) is 43.1 Å². The minimum absolute atomic E-state index is 0.0127. The Bertz CT molecular complexity index is 1980. The molecule has 0 bridgehead atoms. The summed E-state index contributed by atoms with van der Waals surface area (Å²) in [7, 11) is 1.25. The SMILES string of the molecule is CO/N=C(\C(=O)N[C@@H]1C(=O)N2C(C(=O)O)=C(C[n+]3ccc4n3CCN4Cc3ccc(C=NN4CCCCC4)cc3F)CS[C@H]12)c1nc(N)sc1Cl. The first-order chi connectivity index (χ1) is 24.6. The largest absolute Gasteiger partial charge is 0.477 e. The third-order valence-electron chi connectivity index (χ3n) is 9.13. The first kappa shape index (κ1) is 34.8. The molecule has 1 aromatic carbocycles. The molecule has 2 aromatic heterocycles. The first-order valence-electron chi connectivity index (χ1n) is 16.3. The average Bonchev–Trinajstić information content (AvgIpc) is 3.81. The number of nitrogens with two attached hydrogens (primary N) is 1. The number of aromatic nitrogens is 3. The third-order valence-corrected chi connectivity index (χ3v) is 11.6. The third kappa shape index (κ3) is 6.86. The fraction of sp³-hybridized carbons (Fsp3) is 0.406. The number of piperidine rings is 1. The molecule has 15 nitrogen and oxygen atoms in total. The van der Waals surface area contributed by atoms with Crippen LogP contribution in [0.15, 0.2) is 52.0 Å². The summed E-state index contributed by atoms with van der Waals surface area (Å²) in [5, 5.41) is 22.6. The number of halogens is 2. The van der Waals surface area contributed by atoms with Crippen LogP contribution in [0.1, 0.15) is 36.1 Å². The van der Waals surface area contributed by atoms with Crippen molar-refractivity contribution in [1.82, 2.24) is 24.9 Å². The van der Waals surface area contributed by atoms with Crippen LogP contribution in [0.5, 0.6) is 0 Å². The van der Waals surface area contributed by atoms with Crippen LogP contribution < -0.4 is 20.6 Å². The molecule has 0 spiro atoms. The van der Waals surface area contributed by atoms with Crippen molar-refractivity contribution in [2.75, 3.05) is 43.1 Å². The number of thiazole rings is 1. The van der Waals surface area contributed by atoms with E-state index in [1.165, 1.54) is 36.3 Å². The Morgan fingerprint density at radius 1 is 1.24 bits per heavy atom. The van der Waals surface area contributed by atoms with E-state index in [-0.39, 0.29) is 38.9 Å². The number of nitrogen functional groups attached to an aromatic ring is 1. The summed E-state index contributed by atoms with van der Waals surface area (Å²) in [5.74, 6) is -1.69. The van der Waals surface area contributed by atoms with Gasteiger partial charge in [0.25, 0.3) is 11.8 Å². The highest BCUT2D eigenvalue weighted by molar-refractivity contribution is 8.00. The number of carboxylic acids is 1. The second-order valence-electron chi connectivity index (χ2n) is 12.3. The summed E-state index contributed by atoms with van der Waals surface area (Å²) >= 11 is 8.48. The number of benzene rings is 1. The Kier molecular flexibility index (Phi) is 9.89. The number of nitrogens with one attached hydrogen (secondary N) is 1. The van der Waals surface area contributed by atoms with Crippen LogP contribution in [-0.2, 0) is 38.9 Å². The number of hydrogen-bond donors (Lipinski definition) is 3. The predicted octanol–water partition coefficient (Wildman–Crippen LogP) is 2.24. The normalized spacial score (nSPS) is 20.5. The number of carbonyl (C=O) groups excluding carboxylic acids is 2. The number of carboxylic acid groups (broad SMARTS) is 1. The average molecular weight is 758 g/mol. The molecule has 7 rings (SSSR count). The maximum Gasteiger partial charge on any atom is 0.352 e. The zero-order valence-electron chi connectivity index (χ0n) is 27.5. The molecule has 4 aliphatic rings. The van der Waals surface area contributed by atoms with Crippen molar-refractivity contribution in [3.63, 3.8) is 0 Å². The zero-order chi connectivity index (χ0) is 35.8. The number of anilines is 2. The minimum Gasteiger partial charge on any atom is -0.477 e. The molecular weight excluding hydrogens is 723 g/mol. The molecule has 2 amide bonds. The second kappa shape index (κ2) is 14.5. The maximum atomic E-state index is 15.2. The van der Waals surface area contributed by atoms with Gasteiger partial charge >= 0.3 is 5.97 Å². The summed E-state index contributed by atoms with van der Waals surface area (Å²) in [4.78, 5) is 51.2. The number of carbonyl (C=O) groups is 3. The number of oxime groups is 1. The van der Waals surface area contributed by atoms with Gasteiger partial charge in [-0.1, -0.05) is 40.2 Å². The van der Waals surface area contributed by atoms with Crippen LogP contribution in [-0.4, -0.2) is 98.3 Å². The second-order valence-corrected chi connectivity index (χ2v) is 15.1. The molecule has 268 valence electrons. The minimum atomic E-state index is -1.24. The summed E-state index contributed by atoms with van der Waals surface area (Å²) in [6.07, 6.45) is 7.03. The van der Waals surface area contributed by atoms with E-state index < -0.39 is 29.2 Å². The Hall–Kier alpha value is -4.68. The van der Waals surface area contributed by atoms with Gasteiger partial charge in [0, 0.05) is 43.1 Å². The lowest BCUT2D eigenvalue weighted by Crippen LogP contribution is -2.71. The molecule has 2 fully saturated rings. The van der Waals surface area contributed by atoms with E-state index in [2.05, 4.69) is 25.5 Å². The summed E-state index contributed by atoms with van der Waals surface area (Å²) in [5.41, 5.74) is 7.18. The quantitative estimate of drug-likeness (QED) is 0.114. The molecule has 0 radical (unpaired) electrons. The van der Waals surface area contributed by atoms with Gasteiger partial charge in [-0.05, 0) is 30.9 Å². The molecule has 0 unspecified atom stereocenters. The molecule has 6 heterocycles. The fourth-order valence-corrected chi connectivity index (χ4v) is 8.93. The van der Waals surface area contributed by atoms with E-state index in [1.54, 1.807) is 12.3 Å². The highest BCUT2D eigenvalue weighted by Gasteiger charge is 2.55. The summed E-state index contributed by atoms with van der Waals surface area (Å²) in [6, 6.07) is 6.09. The number of hydrogen-bond acceptors (Lipinski definition) is 12. The number of thioether (sulfide) groups is 1. The maximum absolute atomic E-state index is 15.2. The van der Waals surface area contributed by atoms with Crippen molar-refractivity contribution < 1.29 is 33.4 Å². The van der Waals surface area contributed by atoms with E-state index in [9.17, 15) is 19.5 Å². The van der Waals surface area contributed by atoms with Gasteiger partial charge in [-0.15, -0.1) is 21.1 Å². The summed E-state index contributed by atoms with van der Waals surface area (Å²) < 4.78 is 19.2. The van der Waals surface area contributed by atoms with Crippen molar-refractivity contribution in [3.05, 3.63) is 68.7 Å². The van der Waals surface area contributed by atoms with Gasteiger partial charge in [0.1, 0.15) is 40.1 Å². The van der Waals surface area contributed by atoms with Gasteiger partial charge in [0.05, 0.1) is 18.8 Å². The van der Waals surface area contributed by atoms with Gasteiger partial charge in [0.2, 0.25) is 0 Å². The van der Waals surface area contributed by atoms with Crippen molar-refractivity contribution in [3.8, 4) is 0 Å². The van der Waals surface area contributed by atoms with Gasteiger partial charge in [-0.3, -0.25) is 19.5 Å². The van der Waals surface area contributed by atoms with Crippen LogP contribution in [0.3, 0.4) is 0 Å². The number of amides is 2.